The normalized spacial score (nSPS) is 12.6. The number of hydrogen-bond acceptors (Lipinski definition) is 7. The SMILES string of the molecule is CCO[C@@H](CC/C=C/C(=O)Nc1ccccc1N)[C@@H](OC(=O)Nc1ccc(SC)cc1)c1cc(Br)cc(Br)c1O. The van der Waals surface area contributed by atoms with Crippen LogP contribution in [0.4, 0.5) is 21.9 Å². The molecule has 0 heterocycles. The van der Waals surface area contributed by atoms with Crippen LogP contribution >= 0.6 is 43.6 Å². The molecule has 0 aliphatic heterocycles. The number of para-hydroxylation sites is 2. The van der Waals surface area contributed by atoms with Gasteiger partial charge in [-0.05, 0) is 96.6 Å². The fraction of sp³-hybridized carbons (Fsp3) is 0.241. The fourth-order valence-electron chi connectivity index (χ4n) is 3.85. The van der Waals surface area contributed by atoms with Gasteiger partial charge in [0.1, 0.15) is 5.75 Å². The Balaban J connectivity index is 1.77. The molecule has 0 saturated heterocycles. The summed E-state index contributed by atoms with van der Waals surface area (Å²) in [6.45, 7) is 2.18. The zero-order valence-electron chi connectivity index (χ0n) is 22.0. The molecular formula is C29H31Br2N3O5S. The molecule has 2 atom stereocenters. The van der Waals surface area contributed by atoms with Crippen molar-refractivity contribution >= 4 is 72.7 Å². The second-order valence-corrected chi connectivity index (χ2v) is 11.2. The average molecular weight is 693 g/mol. The first kappa shape index (κ1) is 31.5. The molecule has 0 saturated carbocycles. The Hall–Kier alpha value is -2.99. The van der Waals surface area contributed by atoms with Crippen LogP contribution in [0.15, 0.2) is 86.7 Å². The van der Waals surface area contributed by atoms with E-state index in [1.807, 2.05) is 25.3 Å². The van der Waals surface area contributed by atoms with Crippen molar-refractivity contribution in [3.05, 3.63) is 87.3 Å². The van der Waals surface area contributed by atoms with E-state index in [9.17, 15) is 14.7 Å². The quantitative estimate of drug-likeness (QED) is 0.0865. The molecule has 0 bridgehead atoms. The van der Waals surface area contributed by atoms with Crippen LogP contribution in [-0.4, -0.2) is 36.1 Å². The van der Waals surface area contributed by atoms with Crippen molar-refractivity contribution in [3.8, 4) is 5.75 Å². The zero-order valence-corrected chi connectivity index (χ0v) is 26.0. The van der Waals surface area contributed by atoms with Crippen LogP contribution in [0.1, 0.15) is 31.4 Å². The summed E-state index contributed by atoms with van der Waals surface area (Å²) in [4.78, 5) is 26.4. The predicted molar refractivity (Wildman–Crippen MR) is 168 cm³/mol. The van der Waals surface area contributed by atoms with E-state index in [4.69, 9.17) is 15.2 Å². The van der Waals surface area contributed by atoms with Gasteiger partial charge in [-0.25, -0.2) is 4.79 Å². The van der Waals surface area contributed by atoms with Crippen molar-refractivity contribution in [1.82, 2.24) is 0 Å². The molecule has 3 rings (SSSR count). The summed E-state index contributed by atoms with van der Waals surface area (Å²) in [5.74, 6) is -0.385. The van der Waals surface area contributed by atoms with Gasteiger partial charge in [0.15, 0.2) is 6.10 Å². The second kappa shape index (κ2) is 15.7. The number of halogens is 2. The highest BCUT2D eigenvalue weighted by Crippen LogP contribution is 2.39. The molecule has 0 spiro atoms. The summed E-state index contributed by atoms with van der Waals surface area (Å²) in [6, 6.07) is 17.7. The van der Waals surface area contributed by atoms with Crippen LogP contribution in [0.3, 0.4) is 0 Å². The molecule has 11 heteroatoms. The largest absolute Gasteiger partial charge is 0.506 e. The van der Waals surface area contributed by atoms with Crippen molar-refractivity contribution < 1.29 is 24.2 Å². The highest BCUT2D eigenvalue weighted by atomic mass is 79.9. The molecule has 0 unspecified atom stereocenters. The molecule has 40 heavy (non-hydrogen) atoms. The lowest BCUT2D eigenvalue weighted by Crippen LogP contribution is -2.29. The molecular weight excluding hydrogens is 662 g/mol. The molecule has 5 N–H and O–H groups in total. The molecule has 3 aromatic carbocycles. The molecule has 0 aliphatic carbocycles. The van der Waals surface area contributed by atoms with Crippen LogP contribution in [0, 0.1) is 0 Å². The number of aromatic hydroxyl groups is 1. The summed E-state index contributed by atoms with van der Waals surface area (Å²) in [5.41, 5.74) is 7.83. The van der Waals surface area contributed by atoms with Gasteiger partial charge in [-0.2, -0.15) is 0 Å². The lowest BCUT2D eigenvalue weighted by Gasteiger charge is -2.28. The van der Waals surface area contributed by atoms with Gasteiger partial charge < -0.3 is 25.6 Å². The Morgan fingerprint density at radius 3 is 2.50 bits per heavy atom. The summed E-state index contributed by atoms with van der Waals surface area (Å²) < 4.78 is 13.0. The molecule has 0 aliphatic rings. The van der Waals surface area contributed by atoms with Crippen LogP contribution in [0.25, 0.3) is 0 Å². The van der Waals surface area contributed by atoms with Gasteiger partial charge in [0.2, 0.25) is 5.91 Å². The van der Waals surface area contributed by atoms with Crippen molar-refractivity contribution in [2.45, 2.75) is 36.9 Å². The standard InChI is InChI=1S/C29H31Br2N3O5S/c1-3-38-25(10-6-7-11-26(35)34-24-9-5-4-8-23(24)32)28(21-16-18(30)17-22(31)27(21)36)39-29(37)33-19-12-14-20(40-2)15-13-19/h4-5,7-9,11-17,25,28,36H,3,6,10,32H2,1-2H3,(H,33,37)(H,34,35)/b11-7+/t25-,28-/m0/s1. The van der Waals surface area contributed by atoms with Gasteiger partial charge in [0.25, 0.3) is 0 Å². The monoisotopic (exact) mass is 691 g/mol. The van der Waals surface area contributed by atoms with E-state index in [0.29, 0.717) is 51.0 Å². The zero-order chi connectivity index (χ0) is 29.1. The van der Waals surface area contributed by atoms with Crippen molar-refractivity contribution in [2.75, 3.05) is 29.2 Å². The maximum absolute atomic E-state index is 13.0. The van der Waals surface area contributed by atoms with E-state index in [0.717, 1.165) is 4.90 Å². The number of nitrogens with two attached hydrogens (primary N) is 1. The van der Waals surface area contributed by atoms with E-state index < -0.39 is 18.3 Å². The minimum atomic E-state index is -0.953. The summed E-state index contributed by atoms with van der Waals surface area (Å²) in [7, 11) is 0. The first-order chi connectivity index (χ1) is 19.2. The Labute approximate surface area is 255 Å². The Morgan fingerprint density at radius 1 is 1.10 bits per heavy atom. The van der Waals surface area contributed by atoms with Gasteiger partial charge in [-0.1, -0.05) is 34.1 Å². The lowest BCUT2D eigenvalue weighted by atomic mass is 9.99. The number of rotatable bonds is 12. The molecule has 0 aromatic heterocycles. The maximum Gasteiger partial charge on any atom is 0.412 e. The minimum Gasteiger partial charge on any atom is -0.506 e. The van der Waals surface area contributed by atoms with Crippen LogP contribution in [0.2, 0.25) is 0 Å². The Bertz CT molecular complexity index is 1340. The van der Waals surface area contributed by atoms with Gasteiger partial charge in [0.05, 0.1) is 22.0 Å². The second-order valence-electron chi connectivity index (χ2n) is 8.55. The van der Waals surface area contributed by atoms with Crippen LogP contribution < -0.4 is 16.4 Å². The van der Waals surface area contributed by atoms with Gasteiger partial charge in [0, 0.05) is 27.2 Å². The van der Waals surface area contributed by atoms with E-state index in [2.05, 4.69) is 42.5 Å². The molecule has 212 valence electrons. The number of amides is 2. The molecule has 0 radical (unpaired) electrons. The molecule has 0 fully saturated rings. The number of nitrogens with one attached hydrogen (secondary N) is 2. The highest BCUT2D eigenvalue weighted by Gasteiger charge is 2.31. The maximum atomic E-state index is 13.0. The van der Waals surface area contributed by atoms with Crippen molar-refractivity contribution in [1.29, 1.82) is 0 Å². The first-order valence-corrected chi connectivity index (χ1v) is 15.3. The topological polar surface area (TPSA) is 123 Å². The summed E-state index contributed by atoms with van der Waals surface area (Å²) in [5, 5.41) is 16.3. The first-order valence-electron chi connectivity index (χ1n) is 12.4. The van der Waals surface area contributed by atoms with E-state index in [-0.39, 0.29) is 11.7 Å². The average Bonchev–Trinajstić information content (AvgIpc) is 2.93. The number of thioether (sulfide) groups is 1. The Morgan fingerprint density at radius 2 is 1.82 bits per heavy atom. The van der Waals surface area contributed by atoms with Crippen LogP contribution in [0.5, 0.6) is 5.75 Å². The number of phenols is 1. The van der Waals surface area contributed by atoms with Gasteiger partial charge >= 0.3 is 6.09 Å². The highest BCUT2D eigenvalue weighted by molar-refractivity contribution is 9.11. The number of phenolic OH excluding ortho intramolecular Hbond substituents is 1. The van der Waals surface area contributed by atoms with Gasteiger partial charge in [-0.3, -0.25) is 10.1 Å². The predicted octanol–water partition coefficient (Wildman–Crippen LogP) is 7.89. The number of carbonyl (C=O) groups excluding carboxylic acids is 2. The molecule has 3 aromatic rings. The third-order valence-corrected chi connectivity index (χ3v) is 7.56. The van der Waals surface area contributed by atoms with E-state index in [1.165, 1.54) is 6.08 Å². The number of ether oxygens (including phenoxy) is 2. The number of nitrogen functional groups attached to an aromatic ring is 1. The van der Waals surface area contributed by atoms with Crippen molar-refractivity contribution in [3.63, 3.8) is 0 Å². The number of allylic oxidation sites excluding steroid dienone is 1. The third kappa shape index (κ3) is 9.29. The smallest absolute Gasteiger partial charge is 0.412 e. The number of benzene rings is 3. The van der Waals surface area contributed by atoms with E-state index >= 15 is 0 Å². The lowest BCUT2D eigenvalue weighted by molar-refractivity contribution is -0.111. The van der Waals surface area contributed by atoms with Crippen LogP contribution in [-0.2, 0) is 14.3 Å². The van der Waals surface area contributed by atoms with Crippen molar-refractivity contribution in [2.24, 2.45) is 0 Å². The number of hydrogen-bond donors (Lipinski definition) is 4. The molecule has 8 nitrogen and oxygen atoms in total. The minimum absolute atomic E-state index is 0.0644. The number of carbonyl (C=O) groups is 2. The fourth-order valence-corrected chi connectivity index (χ4v) is 5.52. The van der Waals surface area contributed by atoms with Gasteiger partial charge in [-0.15, -0.1) is 11.8 Å². The summed E-state index contributed by atoms with van der Waals surface area (Å²) in [6.07, 6.45) is 3.66. The van der Waals surface area contributed by atoms with E-state index in [1.54, 1.807) is 66.4 Å². The summed E-state index contributed by atoms with van der Waals surface area (Å²) >= 11 is 8.40. The molecule has 2 amide bonds. The Kier molecular flexibility index (Phi) is 12.4. The number of anilines is 3. The third-order valence-electron chi connectivity index (χ3n) is 5.76.